The molecule has 0 aliphatic carbocycles. The Labute approximate surface area is 103 Å². The van der Waals surface area contributed by atoms with Crippen LogP contribution in [0.3, 0.4) is 0 Å². The van der Waals surface area contributed by atoms with Crippen molar-refractivity contribution in [2.45, 2.75) is 0 Å². The van der Waals surface area contributed by atoms with E-state index in [1.54, 1.807) is 25.4 Å². The molecule has 2 heterocycles. The maximum absolute atomic E-state index is 11.6. The summed E-state index contributed by atoms with van der Waals surface area (Å²) in [6.45, 7) is 0. The highest BCUT2D eigenvalue weighted by molar-refractivity contribution is 5.89. The number of para-hydroxylation sites is 1. The number of imidazole rings is 1. The van der Waals surface area contributed by atoms with Crippen LogP contribution >= 0.6 is 0 Å². The molecule has 0 aliphatic heterocycles. The van der Waals surface area contributed by atoms with E-state index in [2.05, 4.69) is 9.97 Å². The van der Waals surface area contributed by atoms with E-state index in [4.69, 9.17) is 5.73 Å². The number of pyridine rings is 1. The first-order valence-electron chi connectivity index (χ1n) is 5.56. The van der Waals surface area contributed by atoms with E-state index in [0.717, 1.165) is 16.6 Å². The average Bonchev–Trinajstić information content (AvgIpc) is 2.78. The summed E-state index contributed by atoms with van der Waals surface area (Å²) in [6, 6.07) is 8.97. The van der Waals surface area contributed by atoms with Crippen LogP contribution in [0.4, 0.5) is 5.69 Å². The van der Waals surface area contributed by atoms with Crippen LogP contribution in [0.15, 0.2) is 41.3 Å². The largest absolute Gasteiger partial charge is 0.397 e. The molecule has 3 rings (SSSR count). The zero-order valence-corrected chi connectivity index (χ0v) is 9.84. The molecule has 0 unspecified atom stereocenters. The van der Waals surface area contributed by atoms with E-state index in [-0.39, 0.29) is 5.56 Å². The van der Waals surface area contributed by atoms with Crippen LogP contribution in [0.5, 0.6) is 0 Å². The molecule has 1 aromatic carbocycles. The summed E-state index contributed by atoms with van der Waals surface area (Å²) < 4.78 is 1.51. The van der Waals surface area contributed by atoms with Crippen molar-refractivity contribution < 1.29 is 0 Å². The highest BCUT2D eigenvalue weighted by Crippen LogP contribution is 2.22. The molecule has 18 heavy (non-hydrogen) atoms. The van der Waals surface area contributed by atoms with Crippen LogP contribution in [0.1, 0.15) is 0 Å². The number of hydrogen-bond donors (Lipinski definition) is 2. The average molecular weight is 240 g/mol. The van der Waals surface area contributed by atoms with Crippen molar-refractivity contribution in [3.05, 3.63) is 46.9 Å². The SMILES string of the molecule is Cn1ccc(-c2nc3c(N)cccc3[nH]2)cc1=O. The van der Waals surface area contributed by atoms with Crippen LogP contribution in [0, 0.1) is 0 Å². The van der Waals surface area contributed by atoms with Crippen molar-refractivity contribution in [3.8, 4) is 11.4 Å². The van der Waals surface area contributed by atoms with Gasteiger partial charge in [0, 0.05) is 24.9 Å². The Morgan fingerprint density at radius 1 is 1.33 bits per heavy atom. The highest BCUT2D eigenvalue weighted by atomic mass is 16.1. The van der Waals surface area contributed by atoms with E-state index < -0.39 is 0 Å². The first-order valence-corrected chi connectivity index (χ1v) is 5.56. The van der Waals surface area contributed by atoms with Crippen LogP contribution in [0.25, 0.3) is 22.4 Å². The Morgan fingerprint density at radius 2 is 2.17 bits per heavy atom. The molecule has 0 amide bonds. The van der Waals surface area contributed by atoms with Crippen molar-refractivity contribution in [2.75, 3.05) is 5.73 Å². The number of aromatic amines is 1. The van der Waals surface area contributed by atoms with Gasteiger partial charge in [-0.2, -0.15) is 0 Å². The van der Waals surface area contributed by atoms with Gasteiger partial charge in [-0.25, -0.2) is 4.98 Å². The van der Waals surface area contributed by atoms with E-state index >= 15 is 0 Å². The van der Waals surface area contributed by atoms with Gasteiger partial charge in [0.2, 0.25) is 0 Å². The van der Waals surface area contributed by atoms with Crippen LogP contribution < -0.4 is 11.3 Å². The summed E-state index contributed by atoms with van der Waals surface area (Å²) in [5.74, 6) is 0.653. The number of nitrogen functional groups attached to an aromatic ring is 1. The van der Waals surface area contributed by atoms with Gasteiger partial charge >= 0.3 is 0 Å². The quantitative estimate of drug-likeness (QED) is 0.633. The monoisotopic (exact) mass is 240 g/mol. The summed E-state index contributed by atoms with van der Waals surface area (Å²) in [5, 5.41) is 0. The van der Waals surface area contributed by atoms with Crippen molar-refractivity contribution in [1.82, 2.24) is 14.5 Å². The molecule has 3 aromatic rings. The summed E-state index contributed by atoms with van der Waals surface area (Å²) in [4.78, 5) is 19.2. The fourth-order valence-electron chi connectivity index (χ4n) is 1.89. The van der Waals surface area contributed by atoms with E-state index in [1.165, 1.54) is 4.57 Å². The minimum absolute atomic E-state index is 0.0686. The molecule has 0 aliphatic rings. The van der Waals surface area contributed by atoms with Crippen molar-refractivity contribution >= 4 is 16.7 Å². The van der Waals surface area contributed by atoms with Crippen molar-refractivity contribution in [2.24, 2.45) is 7.05 Å². The van der Waals surface area contributed by atoms with Crippen LogP contribution in [0.2, 0.25) is 0 Å². The van der Waals surface area contributed by atoms with Crippen LogP contribution in [-0.4, -0.2) is 14.5 Å². The molecule has 0 atom stereocenters. The molecule has 5 heteroatoms. The lowest BCUT2D eigenvalue weighted by Crippen LogP contribution is -2.14. The molecule has 0 saturated carbocycles. The Hall–Kier alpha value is -2.56. The molecule has 0 radical (unpaired) electrons. The third-order valence-corrected chi connectivity index (χ3v) is 2.92. The number of aromatic nitrogens is 3. The summed E-state index contributed by atoms with van der Waals surface area (Å²) >= 11 is 0. The number of H-pyrrole nitrogens is 1. The fourth-order valence-corrected chi connectivity index (χ4v) is 1.89. The maximum Gasteiger partial charge on any atom is 0.250 e. The predicted octanol–water partition coefficient (Wildman–Crippen LogP) is 1.51. The molecule has 0 fully saturated rings. The van der Waals surface area contributed by atoms with Gasteiger partial charge in [-0.3, -0.25) is 4.79 Å². The lowest BCUT2D eigenvalue weighted by Gasteiger charge is -1.98. The molecule has 3 N–H and O–H groups in total. The topological polar surface area (TPSA) is 76.7 Å². The number of aryl methyl sites for hydroxylation is 1. The second kappa shape index (κ2) is 3.73. The van der Waals surface area contributed by atoms with Gasteiger partial charge in [0.25, 0.3) is 5.56 Å². The number of rotatable bonds is 1. The second-order valence-electron chi connectivity index (χ2n) is 4.19. The second-order valence-corrected chi connectivity index (χ2v) is 4.19. The predicted molar refractivity (Wildman–Crippen MR) is 71.2 cm³/mol. The Balaban J connectivity index is 2.22. The highest BCUT2D eigenvalue weighted by Gasteiger charge is 2.07. The van der Waals surface area contributed by atoms with Gasteiger partial charge in [0.05, 0.1) is 11.2 Å². The Kier molecular flexibility index (Phi) is 2.19. The molecular formula is C13H12N4O. The minimum Gasteiger partial charge on any atom is -0.397 e. The molecule has 0 spiro atoms. The van der Waals surface area contributed by atoms with Gasteiger partial charge < -0.3 is 15.3 Å². The van der Waals surface area contributed by atoms with Crippen LogP contribution in [-0.2, 0) is 7.05 Å². The summed E-state index contributed by atoms with van der Waals surface area (Å²) in [5.41, 5.74) is 8.76. The molecule has 0 saturated heterocycles. The normalized spacial score (nSPS) is 10.9. The minimum atomic E-state index is -0.0686. The molecule has 2 aromatic heterocycles. The molecular weight excluding hydrogens is 228 g/mol. The van der Waals surface area contributed by atoms with Gasteiger partial charge in [-0.05, 0) is 18.2 Å². The third-order valence-electron chi connectivity index (χ3n) is 2.92. The smallest absolute Gasteiger partial charge is 0.250 e. The fraction of sp³-hybridized carbons (Fsp3) is 0.0769. The number of nitrogens with two attached hydrogens (primary N) is 1. The number of hydrogen-bond acceptors (Lipinski definition) is 3. The van der Waals surface area contributed by atoms with Gasteiger partial charge in [-0.15, -0.1) is 0 Å². The summed E-state index contributed by atoms with van der Waals surface area (Å²) in [6.07, 6.45) is 1.72. The number of benzene rings is 1. The van der Waals surface area contributed by atoms with E-state index in [9.17, 15) is 4.79 Å². The maximum atomic E-state index is 11.6. The van der Waals surface area contributed by atoms with E-state index in [1.807, 2.05) is 18.2 Å². The van der Waals surface area contributed by atoms with Gasteiger partial charge in [0.15, 0.2) is 0 Å². The number of fused-ring (bicyclic) bond motifs is 1. The van der Waals surface area contributed by atoms with E-state index in [0.29, 0.717) is 11.5 Å². The number of nitrogens with one attached hydrogen (secondary N) is 1. The Bertz CT molecular complexity index is 785. The number of nitrogens with zero attached hydrogens (tertiary/aromatic N) is 2. The summed E-state index contributed by atoms with van der Waals surface area (Å²) in [7, 11) is 1.71. The molecule has 90 valence electrons. The van der Waals surface area contributed by atoms with Gasteiger partial charge in [0.1, 0.15) is 11.3 Å². The zero-order chi connectivity index (χ0) is 12.7. The lowest BCUT2D eigenvalue weighted by molar-refractivity contribution is 0.860. The third kappa shape index (κ3) is 1.57. The standard InChI is InChI=1S/C13H12N4O/c1-17-6-5-8(7-11(17)18)13-15-10-4-2-3-9(14)12(10)16-13/h2-7H,14H2,1H3,(H,15,16). The molecule has 5 nitrogen and oxygen atoms in total. The first kappa shape index (κ1) is 10.6. The number of anilines is 1. The van der Waals surface area contributed by atoms with Crippen molar-refractivity contribution in [1.29, 1.82) is 0 Å². The lowest BCUT2D eigenvalue weighted by atomic mass is 10.2. The first-order chi connectivity index (χ1) is 8.65. The van der Waals surface area contributed by atoms with Crippen molar-refractivity contribution in [3.63, 3.8) is 0 Å². The Morgan fingerprint density at radius 3 is 2.89 bits per heavy atom. The zero-order valence-electron chi connectivity index (χ0n) is 9.84. The van der Waals surface area contributed by atoms with Gasteiger partial charge in [-0.1, -0.05) is 6.07 Å². The molecule has 0 bridgehead atoms.